The van der Waals surface area contributed by atoms with Gasteiger partial charge in [-0.25, -0.2) is 17.9 Å². The average Bonchev–Trinajstić information content (AvgIpc) is 2.76. The van der Waals surface area contributed by atoms with E-state index in [1.807, 2.05) is 0 Å². The predicted molar refractivity (Wildman–Crippen MR) is 84.3 cm³/mol. The molecule has 0 bridgehead atoms. The molecule has 1 aromatic carbocycles. The Labute approximate surface area is 139 Å². The molecule has 0 spiro atoms. The molecule has 130 valence electrons. The van der Waals surface area contributed by atoms with Crippen molar-refractivity contribution >= 4 is 27.8 Å². The summed E-state index contributed by atoms with van der Waals surface area (Å²) in [7, 11) is -3.68. The summed E-state index contributed by atoms with van der Waals surface area (Å²) in [5.74, 6) is -2.91. The third-order valence-corrected chi connectivity index (χ3v) is 4.43. The van der Waals surface area contributed by atoms with Crippen LogP contribution in [-0.2, 0) is 19.7 Å². The highest BCUT2D eigenvalue weighted by Gasteiger charge is 2.40. The lowest BCUT2D eigenvalue weighted by Crippen LogP contribution is -2.48. The SMILES string of the molecule is CCC(C)C(NS(C)(=O)=O)C(=O)ON1C(=O)c2ccccc2C1=O. The number of hydrogen-bond acceptors (Lipinski definition) is 6. The van der Waals surface area contributed by atoms with E-state index in [1.54, 1.807) is 26.0 Å². The number of rotatable bonds is 6. The number of hydrogen-bond donors (Lipinski definition) is 1. The summed E-state index contributed by atoms with van der Waals surface area (Å²) in [6, 6.07) is 4.87. The number of benzene rings is 1. The predicted octanol–water partition coefficient (Wildman–Crippen LogP) is 0.705. The minimum absolute atomic E-state index is 0.131. The average molecular weight is 354 g/mol. The summed E-state index contributed by atoms with van der Waals surface area (Å²) in [6.07, 6.45) is 1.40. The summed E-state index contributed by atoms with van der Waals surface area (Å²) in [5.41, 5.74) is 0.262. The lowest BCUT2D eigenvalue weighted by molar-refractivity contribution is -0.172. The summed E-state index contributed by atoms with van der Waals surface area (Å²) >= 11 is 0. The smallest absolute Gasteiger partial charge is 0.328 e. The van der Waals surface area contributed by atoms with Gasteiger partial charge in [-0.05, 0) is 18.1 Å². The van der Waals surface area contributed by atoms with Crippen LogP contribution in [0.1, 0.15) is 41.0 Å². The second-order valence-corrected chi connectivity index (χ2v) is 7.39. The van der Waals surface area contributed by atoms with E-state index in [0.29, 0.717) is 11.5 Å². The Hall–Kier alpha value is -2.26. The number of fused-ring (bicyclic) bond motifs is 1. The molecule has 1 aliphatic heterocycles. The highest BCUT2D eigenvalue weighted by molar-refractivity contribution is 7.88. The fourth-order valence-corrected chi connectivity index (χ4v) is 3.05. The maximum atomic E-state index is 12.3. The first-order chi connectivity index (χ1) is 11.2. The molecule has 1 aliphatic rings. The van der Waals surface area contributed by atoms with E-state index in [2.05, 4.69) is 4.72 Å². The van der Waals surface area contributed by atoms with Gasteiger partial charge in [0.2, 0.25) is 10.0 Å². The van der Waals surface area contributed by atoms with Gasteiger partial charge < -0.3 is 4.84 Å². The van der Waals surface area contributed by atoms with E-state index in [9.17, 15) is 22.8 Å². The van der Waals surface area contributed by atoms with Crippen LogP contribution < -0.4 is 4.72 Å². The number of imide groups is 1. The van der Waals surface area contributed by atoms with Crippen molar-refractivity contribution in [3.8, 4) is 0 Å². The number of hydroxylamine groups is 2. The first-order valence-electron chi connectivity index (χ1n) is 7.32. The molecule has 1 heterocycles. The molecule has 1 N–H and O–H groups in total. The maximum Gasteiger partial charge on any atom is 0.351 e. The molecule has 0 aliphatic carbocycles. The van der Waals surface area contributed by atoms with E-state index >= 15 is 0 Å². The quantitative estimate of drug-likeness (QED) is 0.753. The number of carbonyl (C=O) groups is 3. The number of nitrogens with one attached hydrogen (secondary N) is 1. The number of nitrogens with zero attached hydrogens (tertiary/aromatic N) is 1. The fraction of sp³-hybridized carbons (Fsp3) is 0.400. The second-order valence-electron chi connectivity index (χ2n) is 5.61. The Morgan fingerprint density at radius 3 is 2.12 bits per heavy atom. The topological polar surface area (TPSA) is 110 Å². The molecule has 8 nitrogen and oxygen atoms in total. The highest BCUT2D eigenvalue weighted by atomic mass is 32.2. The van der Waals surface area contributed by atoms with Gasteiger partial charge in [-0.1, -0.05) is 37.5 Å². The van der Waals surface area contributed by atoms with Gasteiger partial charge in [0.15, 0.2) is 0 Å². The van der Waals surface area contributed by atoms with Crippen molar-refractivity contribution in [2.24, 2.45) is 5.92 Å². The molecule has 0 saturated heterocycles. The van der Waals surface area contributed by atoms with E-state index < -0.39 is 33.8 Å². The lowest BCUT2D eigenvalue weighted by atomic mass is 10.0. The van der Waals surface area contributed by atoms with Gasteiger partial charge in [0.05, 0.1) is 17.4 Å². The van der Waals surface area contributed by atoms with E-state index in [4.69, 9.17) is 4.84 Å². The first-order valence-corrected chi connectivity index (χ1v) is 9.21. The van der Waals surface area contributed by atoms with E-state index in [0.717, 1.165) is 6.26 Å². The van der Waals surface area contributed by atoms with Crippen molar-refractivity contribution in [3.63, 3.8) is 0 Å². The van der Waals surface area contributed by atoms with Crippen molar-refractivity contribution < 1.29 is 27.6 Å². The normalized spacial score (nSPS) is 16.7. The van der Waals surface area contributed by atoms with Crippen LogP contribution in [-0.4, -0.2) is 43.6 Å². The summed E-state index contributed by atoms with van der Waals surface area (Å²) in [6.45, 7) is 3.43. The van der Waals surface area contributed by atoms with Crippen LogP contribution in [0.2, 0.25) is 0 Å². The van der Waals surface area contributed by atoms with Gasteiger partial charge in [0.1, 0.15) is 6.04 Å². The Morgan fingerprint density at radius 1 is 1.21 bits per heavy atom. The van der Waals surface area contributed by atoms with Gasteiger partial charge in [0.25, 0.3) is 11.8 Å². The van der Waals surface area contributed by atoms with Crippen LogP contribution in [0.4, 0.5) is 0 Å². The number of carbonyl (C=O) groups excluding carboxylic acids is 3. The fourth-order valence-electron chi connectivity index (χ4n) is 2.26. The van der Waals surface area contributed by atoms with Crippen molar-refractivity contribution in [1.29, 1.82) is 0 Å². The van der Waals surface area contributed by atoms with Crippen molar-refractivity contribution in [1.82, 2.24) is 9.79 Å². The van der Waals surface area contributed by atoms with Crippen LogP contribution in [0.25, 0.3) is 0 Å². The Balaban J connectivity index is 2.22. The molecule has 9 heteroatoms. The second kappa shape index (κ2) is 6.70. The van der Waals surface area contributed by atoms with Crippen LogP contribution in [0.15, 0.2) is 24.3 Å². The zero-order valence-corrected chi connectivity index (χ0v) is 14.3. The minimum atomic E-state index is -3.68. The molecule has 0 radical (unpaired) electrons. The molecule has 0 fully saturated rings. The molecule has 2 unspecified atom stereocenters. The lowest BCUT2D eigenvalue weighted by Gasteiger charge is -2.23. The molecular weight excluding hydrogens is 336 g/mol. The van der Waals surface area contributed by atoms with Gasteiger partial charge in [-0.15, -0.1) is 0 Å². The largest absolute Gasteiger partial charge is 0.351 e. The first kappa shape index (κ1) is 18.1. The Morgan fingerprint density at radius 2 is 1.71 bits per heavy atom. The summed E-state index contributed by atoms with van der Waals surface area (Å²) in [5, 5.41) is 0.367. The zero-order valence-electron chi connectivity index (χ0n) is 13.5. The van der Waals surface area contributed by atoms with Crippen LogP contribution in [0.3, 0.4) is 0 Å². The van der Waals surface area contributed by atoms with Gasteiger partial charge in [0, 0.05) is 0 Å². The number of amides is 2. The van der Waals surface area contributed by atoms with Crippen LogP contribution >= 0.6 is 0 Å². The van der Waals surface area contributed by atoms with Crippen molar-refractivity contribution in [3.05, 3.63) is 35.4 Å². The van der Waals surface area contributed by atoms with Crippen molar-refractivity contribution in [2.75, 3.05) is 6.26 Å². The standard InChI is InChI=1S/C15H18N2O6S/c1-4-9(2)12(16-24(3,21)22)15(20)23-17-13(18)10-7-5-6-8-11(10)14(17)19/h5-9,12,16H,4H2,1-3H3. The third kappa shape index (κ3) is 3.62. The molecular formula is C15H18N2O6S. The Kier molecular flexibility index (Phi) is 5.05. The molecule has 0 saturated carbocycles. The van der Waals surface area contributed by atoms with E-state index in [-0.39, 0.29) is 17.0 Å². The van der Waals surface area contributed by atoms with Gasteiger partial charge in [-0.2, -0.15) is 0 Å². The molecule has 2 rings (SSSR count). The molecule has 2 amide bonds. The van der Waals surface area contributed by atoms with Gasteiger partial charge >= 0.3 is 5.97 Å². The summed E-state index contributed by atoms with van der Waals surface area (Å²) < 4.78 is 25.1. The third-order valence-electron chi connectivity index (χ3n) is 3.75. The van der Waals surface area contributed by atoms with E-state index in [1.165, 1.54) is 12.1 Å². The highest BCUT2D eigenvalue weighted by Crippen LogP contribution is 2.23. The monoisotopic (exact) mass is 354 g/mol. The zero-order chi connectivity index (χ0) is 18.1. The van der Waals surface area contributed by atoms with Crippen LogP contribution in [0, 0.1) is 5.92 Å². The summed E-state index contributed by atoms with van der Waals surface area (Å²) in [4.78, 5) is 41.6. The number of sulfonamides is 1. The molecule has 1 aromatic rings. The van der Waals surface area contributed by atoms with Crippen molar-refractivity contribution in [2.45, 2.75) is 26.3 Å². The molecule has 24 heavy (non-hydrogen) atoms. The maximum absolute atomic E-state index is 12.3. The van der Waals surface area contributed by atoms with Crippen LogP contribution in [0.5, 0.6) is 0 Å². The minimum Gasteiger partial charge on any atom is -0.328 e. The Bertz CT molecular complexity index is 754. The molecule has 0 aromatic heterocycles. The molecule has 2 atom stereocenters. The van der Waals surface area contributed by atoms with Gasteiger partial charge in [-0.3, -0.25) is 9.59 Å².